The molecule has 2 aromatic heterocycles. The second-order valence-electron chi connectivity index (χ2n) is 3.05. The Morgan fingerprint density at radius 1 is 1.20 bits per heavy atom. The lowest BCUT2D eigenvalue weighted by atomic mass is 10.1. The molecule has 0 saturated carbocycles. The fourth-order valence-electron chi connectivity index (χ4n) is 1.28. The Bertz CT molecular complexity index is 457. The van der Waals surface area contributed by atoms with Gasteiger partial charge >= 0.3 is 0 Å². The molecule has 2 nitrogen and oxygen atoms in total. The minimum Gasteiger partial charge on any atom is -0.264 e. The molecular formula is C11H8Cl2N2. The normalized spacial score (nSPS) is 10.3. The predicted octanol–water partition coefficient (Wildman–Crippen LogP) is 3.54. The van der Waals surface area contributed by atoms with Gasteiger partial charge in [-0.25, -0.2) is 4.98 Å². The number of halogens is 2. The van der Waals surface area contributed by atoms with Crippen molar-refractivity contribution in [2.45, 2.75) is 5.88 Å². The molecule has 2 aromatic rings. The van der Waals surface area contributed by atoms with Crippen molar-refractivity contribution in [2.75, 3.05) is 0 Å². The van der Waals surface area contributed by atoms with Crippen molar-refractivity contribution in [1.82, 2.24) is 9.97 Å². The van der Waals surface area contributed by atoms with E-state index in [-0.39, 0.29) is 0 Å². The van der Waals surface area contributed by atoms with Gasteiger partial charge in [0, 0.05) is 35.3 Å². The maximum atomic E-state index is 5.87. The van der Waals surface area contributed by atoms with Gasteiger partial charge in [-0.2, -0.15) is 0 Å². The average molecular weight is 239 g/mol. The molecular weight excluding hydrogens is 231 g/mol. The number of hydrogen-bond acceptors (Lipinski definition) is 2. The van der Waals surface area contributed by atoms with Gasteiger partial charge in [0.15, 0.2) is 0 Å². The number of rotatable bonds is 2. The second kappa shape index (κ2) is 4.60. The first-order valence-corrected chi connectivity index (χ1v) is 5.33. The van der Waals surface area contributed by atoms with Crippen LogP contribution in [0.25, 0.3) is 11.1 Å². The first-order valence-electron chi connectivity index (χ1n) is 4.42. The number of alkyl halides is 1. The molecule has 15 heavy (non-hydrogen) atoms. The highest BCUT2D eigenvalue weighted by atomic mass is 35.5. The zero-order valence-corrected chi connectivity index (χ0v) is 9.33. The van der Waals surface area contributed by atoms with Crippen LogP contribution in [-0.2, 0) is 5.88 Å². The summed E-state index contributed by atoms with van der Waals surface area (Å²) in [4.78, 5) is 8.12. The first-order chi connectivity index (χ1) is 7.31. The minimum absolute atomic E-state index is 0.361. The number of pyridine rings is 2. The van der Waals surface area contributed by atoms with Gasteiger partial charge in [0.1, 0.15) is 5.15 Å². The lowest BCUT2D eigenvalue weighted by Crippen LogP contribution is -1.87. The van der Waals surface area contributed by atoms with Crippen molar-refractivity contribution < 1.29 is 0 Å². The SMILES string of the molecule is ClCc1cc(-c2cccnc2)cnc1Cl. The molecule has 0 aromatic carbocycles. The maximum Gasteiger partial charge on any atom is 0.133 e. The monoisotopic (exact) mass is 238 g/mol. The third-order valence-electron chi connectivity index (χ3n) is 2.05. The van der Waals surface area contributed by atoms with Gasteiger partial charge < -0.3 is 0 Å². The lowest BCUT2D eigenvalue weighted by Gasteiger charge is -2.03. The number of nitrogens with zero attached hydrogens (tertiary/aromatic N) is 2. The topological polar surface area (TPSA) is 25.8 Å². The molecule has 0 fully saturated rings. The predicted molar refractivity (Wildman–Crippen MR) is 62.0 cm³/mol. The van der Waals surface area contributed by atoms with Crippen LogP contribution in [0, 0.1) is 0 Å². The highest BCUT2D eigenvalue weighted by Crippen LogP contribution is 2.23. The molecule has 0 spiro atoms. The van der Waals surface area contributed by atoms with E-state index >= 15 is 0 Å². The van der Waals surface area contributed by atoms with Crippen LogP contribution in [0.2, 0.25) is 5.15 Å². The van der Waals surface area contributed by atoms with E-state index in [1.165, 1.54) is 0 Å². The zero-order valence-electron chi connectivity index (χ0n) is 7.82. The summed E-state index contributed by atoms with van der Waals surface area (Å²) in [5.41, 5.74) is 2.82. The van der Waals surface area contributed by atoms with Crippen LogP contribution in [-0.4, -0.2) is 9.97 Å². The summed E-state index contributed by atoms with van der Waals surface area (Å²) in [5.74, 6) is 0.361. The third-order valence-corrected chi connectivity index (χ3v) is 2.68. The van der Waals surface area contributed by atoms with Gasteiger partial charge in [-0.05, 0) is 12.1 Å². The fourth-order valence-corrected chi connectivity index (χ4v) is 1.72. The summed E-state index contributed by atoms with van der Waals surface area (Å²) in [7, 11) is 0. The van der Waals surface area contributed by atoms with Crippen molar-refractivity contribution in [3.63, 3.8) is 0 Å². The van der Waals surface area contributed by atoms with Crippen LogP contribution in [0.5, 0.6) is 0 Å². The molecule has 0 aliphatic heterocycles. The Morgan fingerprint density at radius 3 is 2.73 bits per heavy atom. The molecule has 0 atom stereocenters. The molecule has 2 rings (SSSR count). The molecule has 0 amide bonds. The summed E-state index contributed by atoms with van der Waals surface area (Å²) < 4.78 is 0. The molecule has 0 saturated heterocycles. The van der Waals surface area contributed by atoms with E-state index < -0.39 is 0 Å². The summed E-state index contributed by atoms with van der Waals surface area (Å²) >= 11 is 11.6. The van der Waals surface area contributed by atoms with Gasteiger partial charge in [0.25, 0.3) is 0 Å². The second-order valence-corrected chi connectivity index (χ2v) is 3.67. The lowest BCUT2D eigenvalue weighted by molar-refractivity contribution is 1.24. The van der Waals surface area contributed by atoms with Crippen LogP contribution < -0.4 is 0 Å². The van der Waals surface area contributed by atoms with Crippen LogP contribution in [0.1, 0.15) is 5.56 Å². The van der Waals surface area contributed by atoms with Crippen molar-refractivity contribution in [2.24, 2.45) is 0 Å². The highest BCUT2D eigenvalue weighted by Gasteiger charge is 2.03. The summed E-state index contributed by atoms with van der Waals surface area (Å²) in [6.07, 6.45) is 5.23. The zero-order chi connectivity index (χ0) is 10.7. The highest BCUT2D eigenvalue weighted by molar-refractivity contribution is 6.31. The summed E-state index contributed by atoms with van der Waals surface area (Å²) in [5, 5.41) is 0.456. The van der Waals surface area contributed by atoms with E-state index in [0.29, 0.717) is 11.0 Å². The van der Waals surface area contributed by atoms with E-state index in [2.05, 4.69) is 9.97 Å². The van der Waals surface area contributed by atoms with E-state index in [9.17, 15) is 0 Å². The van der Waals surface area contributed by atoms with Gasteiger partial charge in [-0.3, -0.25) is 4.98 Å². The molecule has 0 radical (unpaired) electrons. The standard InChI is InChI=1S/C11H8Cl2N2/c12-5-9-4-10(7-15-11(9)13)8-2-1-3-14-6-8/h1-4,6-7H,5H2. The minimum atomic E-state index is 0.361. The first kappa shape index (κ1) is 10.4. The molecule has 0 aliphatic carbocycles. The van der Waals surface area contributed by atoms with Crippen LogP contribution in [0.3, 0.4) is 0 Å². The van der Waals surface area contributed by atoms with Crippen molar-refractivity contribution in [3.05, 3.63) is 47.5 Å². The Hall–Kier alpha value is -1.12. The van der Waals surface area contributed by atoms with Gasteiger partial charge in [0.05, 0.1) is 5.88 Å². The Kier molecular flexibility index (Phi) is 3.19. The smallest absolute Gasteiger partial charge is 0.133 e. The molecule has 76 valence electrons. The Balaban J connectivity index is 2.46. The fraction of sp³-hybridized carbons (Fsp3) is 0.0909. The molecule has 0 unspecified atom stereocenters. The molecule has 4 heteroatoms. The van der Waals surface area contributed by atoms with Gasteiger partial charge in [-0.1, -0.05) is 17.7 Å². The number of aromatic nitrogens is 2. The van der Waals surface area contributed by atoms with Crippen molar-refractivity contribution >= 4 is 23.2 Å². The summed E-state index contributed by atoms with van der Waals surface area (Å²) in [6, 6.07) is 5.78. The molecule has 0 N–H and O–H groups in total. The average Bonchev–Trinajstić information content (AvgIpc) is 2.31. The van der Waals surface area contributed by atoms with E-state index in [4.69, 9.17) is 23.2 Å². The molecule has 2 heterocycles. The van der Waals surface area contributed by atoms with E-state index in [1.807, 2.05) is 18.2 Å². The van der Waals surface area contributed by atoms with E-state index in [0.717, 1.165) is 16.7 Å². The van der Waals surface area contributed by atoms with Crippen molar-refractivity contribution in [3.8, 4) is 11.1 Å². The van der Waals surface area contributed by atoms with Gasteiger partial charge in [-0.15, -0.1) is 11.6 Å². The summed E-state index contributed by atoms with van der Waals surface area (Å²) in [6.45, 7) is 0. The van der Waals surface area contributed by atoms with Crippen molar-refractivity contribution in [1.29, 1.82) is 0 Å². The maximum absolute atomic E-state index is 5.87. The number of hydrogen-bond donors (Lipinski definition) is 0. The molecule has 0 bridgehead atoms. The largest absolute Gasteiger partial charge is 0.264 e. The Labute approximate surface area is 97.9 Å². The molecule has 0 aliphatic rings. The quantitative estimate of drug-likeness (QED) is 0.591. The van der Waals surface area contributed by atoms with Crippen LogP contribution >= 0.6 is 23.2 Å². The Morgan fingerprint density at radius 2 is 2.07 bits per heavy atom. The van der Waals surface area contributed by atoms with Crippen LogP contribution in [0.15, 0.2) is 36.8 Å². The van der Waals surface area contributed by atoms with Crippen LogP contribution in [0.4, 0.5) is 0 Å². The van der Waals surface area contributed by atoms with Gasteiger partial charge in [0.2, 0.25) is 0 Å². The third kappa shape index (κ3) is 2.28. The van der Waals surface area contributed by atoms with E-state index in [1.54, 1.807) is 18.6 Å².